The molecule has 10 heteroatoms. The maximum Gasteiger partial charge on any atom is 0.250 e. The number of aliphatic hydroxyl groups is 1. The van der Waals surface area contributed by atoms with Crippen molar-refractivity contribution in [1.82, 2.24) is 4.90 Å². The fourth-order valence-electron chi connectivity index (χ4n) is 6.84. The number of likely N-dealkylation sites (tertiary alicyclic amines) is 1. The smallest absolute Gasteiger partial charge is 0.250 e. The third-order valence-electron chi connectivity index (χ3n) is 8.65. The van der Waals surface area contributed by atoms with Crippen LogP contribution in [-0.2, 0) is 19.1 Å². The summed E-state index contributed by atoms with van der Waals surface area (Å²) in [5, 5.41) is 15.2. The van der Waals surface area contributed by atoms with Crippen molar-refractivity contribution in [2.24, 2.45) is 11.8 Å². The lowest BCUT2D eigenvalue weighted by Crippen LogP contribution is -2.53. The Hall–Kier alpha value is -3.63. The lowest BCUT2D eigenvalue weighted by Gasteiger charge is -2.33. The Balaban J connectivity index is 1.42. The van der Waals surface area contributed by atoms with E-state index in [0.717, 1.165) is 0 Å². The second kappa shape index (κ2) is 11.7. The van der Waals surface area contributed by atoms with Crippen LogP contribution in [0.15, 0.2) is 48.5 Å². The van der Waals surface area contributed by atoms with Crippen molar-refractivity contribution >= 4 is 29.1 Å². The average molecular weight is 566 g/mol. The zero-order valence-corrected chi connectivity index (χ0v) is 23.9. The Morgan fingerprint density at radius 1 is 0.976 bits per heavy atom. The van der Waals surface area contributed by atoms with Crippen molar-refractivity contribution in [3.63, 3.8) is 0 Å². The number of carbonyl (C=O) groups excluding carboxylic acids is 3. The Morgan fingerprint density at radius 2 is 1.61 bits per heavy atom. The third-order valence-corrected chi connectivity index (χ3v) is 8.65. The minimum Gasteiger partial charge on any atom is -0.497 e. The molecule has 3 N–H and O–H groups in total. The van der Waals surface area contributed by atoms with Gasteiger partial charge in [0.15, 0.2) is 0 Å². The van der Waals surface area contributed by atoms with Gasteiger partial charge in [0.05, 0.1) is 31.2 Å². The summed E-state index contributed by atoms with van der Waals surface area (Å²) in [7, 11) is 1.57. The number of methoxy groups -OCH3 is 1. The zero-order chi connectivity index (χ0) is 29.2. The van der Waals surface area contributed by atoms with Crippen LogP contribution in [0.2, 0.25) is 0 Å². The molecule has 2 aromatic carbocycles. The summed E-state index contributed by atoms with van der Waals surface area (Å²) in [5.41, 5.74) is -0.817. The minimum atomic E-state index is -1.11. The average Bonchev–Trinajstić information content (AvgIpc) is 3.53. The maximum absolute atomic E-state index is 14.1. The molecule has 3 amide bonds. The fourth-order valence-corrected chi connectivity index (χ4v) is 6.84. The molecule has 3 heterocycles. The molecule has 2 bridgehead atoms. The van der Waals surface area contributed by atoms with Crippen molar-refractivity contribution in [1.29, 1.82) is 0 Å². The number of rotatable bonds is 12. The monoisotopic (exact) mass is 565 g/mol. The number of hydrogen-bond donors (Lipinski definition) is 3. The molecule has 10 nitrogen and oxygen atoms in total. The van der Waals surface area contributed by atoms with E-state index in [1.807, 2.05) is 13.8 Å². The van der Waals surface area contributed by atoms with Crippen LogP contribution in [0.25, 0.3) is 0 Å². The van der Waals surface area contributed by atoms with Crippen LogP contribution in [0.3, 0.4) is 0 Å². The van der Waals surface area contributed by atoms with E-state index in [1.165, 1.54) is 0 Å². The van der Waals surface area contributed by atoms with Crippen LogP contribution in [0, 0.1) is 11.8 Å². The van der Waals surface area contributed by atoms with E-state index >= 15 is 0 Å². The minimum absolute atomic E-state index is 0.0666. The highest BCUT2D eigenvalue weighted by Crippen LogP contribution is 2.63. The molecular weight excluding hydrogens is 526 g/mol. The molecule has 3 fully saturated rings. The summed E-state index contributed by atoms with van der Waals surface area (Å²) in [6, 6.07) is 13.2. The molecule has 0 aromatic heterocycles. The summed E-state index contributed by atoms with van der Waals surface area (Å²) in [5.74, 6) is -1.05. The molecule has 41 heavy (non-hydrogen) atoms. The first-order chi connectivity index (χ1) is 19.8. The summed E-state index contributed by atoms with van der Waals surface area (Å²) in [6.45, 7) is 4.72. The number of aliphatic hydroxyl groups excluding tert-OH is 1. The van der Waals surface area contributed by atoms with Crippen molar-refractivity contribution < 1.29 is 33.7 Å². The van der Waals surface area contributed by atoms with Gasteiger partial charge in [-0.2, -0.15) is 0 Å². The number of carbonyl (C=O) groups is 3. The Labute approximate surface area is 240 Å². The molecule has 220 valence electrons. The Bertz CT molecular complexity index is 1270. The fraction of sp³-hybridized carbons (Fsp3) is 0.516. The van der Waals surface area contributed by atoms with Gasteiger partial charge >= 0.3 is 0 Å². The van der Waals surface area contributed by atoms with E-state index in [9.17, 15) is 19.5 Å². The number of fused-ring (bicyclic) bond motifs is 1. The SMILES string of the molecule is CCOc1ccc(NC(=O)[C@H]2[C@H]3C(=O)N(CCCCCO)C(C(=O)Nc4ccc(OC)cc4)C34CC[C@]2(C)O4)cc1. The first-order valence-corrected chi connectivity index (χ1v) is 14.4. The van der Waals surface area contributed by atoms with Crippen molar-refractivity contribution in [3.05, 3.63) is 48.5 Å². The molecule has 3 saturated heterocycles. The molecule has 1 spiro atoms. The molecule has 0 radical (unpaired) electrons. The number of hydrogen-bond acceptors (Lipinski definition) is 7. The largest absolute Gasteiger partial charge is 0.497 e. The number of amides is 3. The highest BCUT2D eigenvalue weighted by atomic mass is 16.5. The van der Waals surface area contributed by atoms with E-state index in [2.05, 4.69) is 10.6 Å². The maximum atomic E-state index is 14.1. The Morgan fingerprint density at radius 3 is 2.22 bits per heavy atom. The molecule has 0 aliphatic carbocycles. The molecule has 5 atom stereocenters. The van der Waals surface area contributed by atoms with Crippen LogP contribution in [-0.4, -0.2) is 71.8 Å². The van der Waals surface area contributed by atoms with Crippen molar-refractivity contribution in [2.75, 3.05) is 37.5 Å². The van der Waals surface area contributed by atoms with Crippen molar-refractivity contribution in [3.8, 4) is 11.5 Å². The quantitative estimate of drug-likeness (QED) is 0.336. The predicted molar refractivity (Wildman–Crippen MR) is 153 cm³/mol. The number of nitrogens with zero attached hydrogens (tertiary/aromatic N) is 1. The van der Waals surface area contributed by atoms with Gasteiger partial charge in [-0.05, 0) is 94.5 Å². The van der Waals surface area contributed by atoms with Crippen LogP contribution in [0.1, 0.15) is 46.0 Å². The predicted octanol–water partition coefficient (Wildman–Crippen LogP) is 3.60. The van der Waals surface area contributed by atoms with E-state index in [0.29, 0.717) is 68.1 Å². The normalized spacial score (nSPS) is 28.0. The number of nitrogens with one attached hydrogen (secondary N) is 2. The molecule has 2 unspecified atom stereocenters. The summed E-state index contributed by atoms with van der Waals surface area (Å²) >= 11 is 0. The number of anilines is 2. The number of unbranched alkanes of at least 4 members (excludes halogenated alkanes) is 2. The first kappa shape index (κ1) is 28.9. The van der Waals surface area contributed by atoms with Gasteiger partial charge in [0.2, 0.25) is 17.7 Å². The lowest BCUT2D eigenvalue weighted by molar-refractivity contribution is -0.143. The van der Waals surface area contributed by atoms with E-state index < -0.39 is 29.1 Å². The Kier molecular flexibility index (Phi) is 8.24. The number of ether oxygens (including phenoxy) is 3. The van der Waals surface area contributed by atoms with Crippen LogP contribution >= 0.6 is 0 Å². The van der Waals surface area contributed by atoms with Gasteiger partial charge in [-0.3, -0.25) is 14.4 Å². The lowest BCUT2D eigenvalue weighted by atomic mass is 9.66. The van der Waals surface area contributed by atoms with Gasteiger partial charge in [0.1, 0.15) is 23.1 Å². The van der Waals surface area contributed by atoms with Gasteiger partial charge in [-0.15, -0.1) is 0 Å². The summed E-state index contributed by atoms with van der Waals surface area (Å²) < 4.78 is 17.4. The topological polar surface area (TPSA) is 126 Å². The summed E-state index contributed by atoms with van der Waals surface area (Å²) in [4.78, 5) is 43.4. The molecule has 3 aliphatic rings. The number of benzene rings is 2. The summed E-state index contributed by atoms with van der Waals surface area (Å²) in [6.07, 6.45) is 3.01. The van der Waals surface area contributed by atoms with Gasteiger partial charge in [0, 0.05) is 24.5 Å². The van der Waals surface area contributed by atoms with Gasteiger partial charge in [-0.25, -0.2) is 0 Å². The molecular formula is C31H39N3O7. The third kappa shape index (κ3) is 5.26. The van der Waals surface area contributed by atoms with Crippen LogP contribution in [0.4, 0.5) is 11.4 Å². The highest BCUT2D eigenvalue weighted by Gasteiger charge is 2.77. The van der Waals surface area contributed by atoms with E-state index in [1.54, 1.807) is 60.5 Å². The molecule has 3 aliphatic heterocycles. The second-order valence-corrected chi connectivity index (χ2v) is 11.2. The van der Waals surface area contributed by atoms with Gasteiger partial charge in [-0.1, -0.05) is 0 Å². The van der Waals surface area contributed by atoms with Crippen molar-refractivity contribution in [2.45, 2.75) is 63.2 Å². The van der Waals surface area contributed by atoms with Crippen LogP contribution in [0.5, 0.6) is 11.5 Å². The van der Waals surface area contributed by atoms with Gasteiger partial charge < -0.3 is 34.9 Å². The van der Waals surface area contributed by atoms with Crippen LogP contribution < -0.4 is 20.1 Å². The second-order valence-electron chi connectivity index (χ2n) is 11.2. The highest BCUT2D eigenvalue weighted by molar-refractivity contribution is 6.05. The molecule has 5 rings (SSSR count). The van der Waals surface area contributed by atoms with E-state index in [4.69, 9.17) is 14.2 Å². The molecule has 2 aromatic rings. The first-order valence-electron chi connectivity index (χ1n) is 14.4. The molecule has 0 saturated carbocycles. The zero-order valence-electron chi connectivity index (χ0n) is 23.9. The van der Waals surface area contributed by atoms with Gasteiger partial charge in [0.25, 0.3) is 0 Å². The van der Waals surface area contributed by atoms with E-state index in [-0.39, 0.29) is 24.3 Å². The standard InChI is InChI=1S/C31H39N3O7/c1-4-40-23-14-10-20(11-15-23)32-27(36)24-25-29(38)34(18-6-5-7-19-35)26(31(25)17-16-30(24,2)41-31)28(37)33-21-8-12-22(39-3)13-9-21/h8-15,24-26,35H,4-7,16-19H2,1-3H3,(H,32,36)(H,33,37)/t24-,25+,26?,30+,31?/m1/s1.